The number of ether oxygens (including phenoxy) is 3. The molecule has 0 spiro atoms. The van der Waals surface area contributed by atoms with E-state index in [1.165, 1.54) is 7.11 Å². The molecule has 0 unspecified atom stereocenters. The molecule has 0 aromatic heterocycles. The van der Waals surface area contributed by atoms with Gasteiger partial charge in [-0.3, -0.25) is 0 Å². The SMILES string of the molecule is CCOC(OCC)[C@@H](CN=[N+]=[N-])OC. The number of hydrogen-bond donors (Lipinski definition) is 0. The third kappa shape index (κ3) is 5.04. The van der Waals surface area contributed by atoms with Gasteiger partial charge in [0.25, 0.3) is 0 Å². The summed E-state index contributed by atoms with van der Waals surface area (Å²) in [6.07, 6.45) is -0.828. The molecule has 0 aliphatic heterocycles. The topological polar surface area (TPSA) is 76.5 Å². The lowest BCUT2D eigenvalue weighted by atomic mass is 10.3. The predicted molar refractivity (Wildman–Crippen MR) is 51.9 cm³/mol. The van der Waals surface area contributed by atoms with Crippen LogP contribution in [0.1, 0.15) is 13.8 Å². The fraction of sp³-hybridized carbons (Fsp3) is 1.00. The average Bonchev–Trinajstić information content (AvgIpc) is 2.19. The highest BCUT2D eigenvalue weighted by Crippen LogP contribution is 2.06. The van der Waals surface area contributed by atoms with E-state index >= 15 is 0 Å². The molecule has 0 aromatic rings. The summed E-state index contributed by atoms with van der Waals surface area (Å²) in [6.45, 7) is 5.00. The van der Waals surface area contributed by atoms with Crippen LogP contribution < -0.4 is 0 Å². The normalized spacial score (nSPS) is 12.6. The first-order chi connectivity index (χ1) is 6.79. The number of nitrogens with zero attached hydrogens (tertiary/aromatic N) is 3. The molecular weight excluding hydrogens is 186 g/mol. The molecule has 6 heteroatoms. The van der Waals surface area contributed by atoms with Crippen LogP contribution in [0, 0.1) is 0 Å². The molecule has 0 fully saturated rings. The smallest absolute Gasteiger partial charge is 0.183 e. The first-order valence-electron chi connectivity index (χ1n) is 4.56. The fourth-order valence-corrected chi connectivity index (χ4v) is 0.980. The van der Waals surface area contributed by atoms with Crippen molar-refractivity contribution in [2.75, 3.05) is 26.9 Å². The minimum absolute atomic E-state index is 0.206. The Hall–Kier alpha value is -0.810. The molecule has 0 saturated heterocycles. The van der Waals surface area contributed by atoms with Gasteiger partial charge in [-0.15, -0.1) is 0 Å². The Morgan fingerprint density at radius 2 is 1.86 bits per heavy atom. The van der Waals surface area contributed by atoms with Crippen LogP contribution >= 0.6 is 0 Å². The lowest BCUT2D eigenvalue weighted by Crippen LogP contribution is -2.35. The van der Waals surface area contributed by atoms with Crippen molar-refractivity contribution in [3.05, 3.63) is 10.4 Å². The second-order valence-electron chi connectivity index (χ2n) is 2.47. The van der Waals surface area contributed by atoms with Crippen molar-refractivity contribution in [3.8, 4) is 0 Å². The van der Waals surface area contributed by atoms with Crippen molar-refractivity contribution in [3.63, 3.8) is 0 Å². The summed E-state index contributed by atoms with van der Waals surface area (Å²) < 4.78 is 15.7. The molecule has 0 aliphatic carbocycles. The molecule has 1 atom stereocenters. The van der Waals surface area contributed by atoms with Crippen molar-refractivity contribution >= 4 is 0 Å². The molecule has 0 aromatic carbocycles. The Kier molecular flexibility index (Phi) is 8.27. The van der Waals surface area contributed by atoms with Crippen molar-refractivity contribution in [1.82, 2.24) is 0 Å². The monoisotopic (exact) mass is 203 g/mol. The Bertz CT molecular complexity index is 177. The lowest BCUT2D eigenvalue weighted by molar-refractivity contribution is -0.193. The summed E-state index contributed by atoms with van der Waals surface area (Å²) in [5.74, 6) is 0. The average molecular weight is 203 g/mol. The molecule has 0 radical (unpaired) electrons. The molecule has 14 heavy (non-hydrogen) atoms. The maximum absolute atomic E-state index is 8.17. The summed E-state index contributed by atoms with van der Waals surface area (Å²) in [5.41, 5.74) is 8.17. The second kappa shape index (κ2) is 8.77. The minimum Gasteiger partial charge on any atom is -0.376 e. The molecule has 0 bridgehead atoms. The van der Waals surface area contributed by atoms with Crippen LogP contribution in [0.25, 0.3) is 10.4 Å². The zero-order chi connectivity index (χ0) is 10.8. The van der Waals surface area contributed by atoms with Gasteiger partial charge in [0.15, 0.2) is 6.29 Å². The molecule has 0 amide bonds. The quantitative estimate of drug-likeness (QED) is 0.261. The number of rotatable bonds is 8. The van der Waals surface area contributed by atoms with Crippen molar-refractivity contribution < 1.29 is 14.2 Å². The van der Waals surface area contributed by atoms with Crippen molar-refractivity contribution in [2.45, 2.75) is 26.2 Å². The molecule has 0 heterocycles. The number of hydrogen-bond acceptors (Lipinski definition) is 4. The summed E-state index contributed by atoms with van der Waals surface area (Å²) >= 11 is 0. The summed E-state index contributed by atoms with van der Waals surface area (Å²) in [7, 11) is 1.53. The predicted octanol–water partition coefficient (Wildman–Crippen LogP) is 1.71. The van der Waals surface area contributed by atoms with Crippen LogP contribution in [0.3, 0.4) is 0 Å². The third-order valence-electron chi connectivity index (χ3n) is 1.59. The summed E-state index contributed by atoms with van der Waals surface area (Å²) in [6, 6.07) is 0. The van der Waals surface area contributed by atoms with E-state index in [0.29, 0.717) is 13.2 Å². The van der Waals surface area contributed by atoms with E-state index in [2.05, 4.69) is 10.0 Å². The van der Waals surface area contributed by atoms with Crippen LogP contribution in [-0.4, -0.2) is 39.3 Å². The third-order valence-corrected chi connectivity index (χ3v) is 1.59. The van der Waals surface area contributed by atoms with E-state index in [0.717, 1.165) is 0 Å². The van der Waals surface area contributed by atoms with Crippen LogP contribution in [0.15, 0.2) is 5.11 Å². The lowest BCUT2D eigenvalue weighted by Gasteiger charge is -2.24. The minimum atomic E-state index is -0.472. The van der Waals surface area contributed by atoms with Crippen LogP contribution in [0.4, 0.5) is 0 Å². The van der Waals surface area contributed by atoms with Crippen LogP contribution in [-0.2, 0) is 14.2 Å². The number of methoxy groups -OCH3 is 1. The van der Waals surface area contributed by atoms with E-state index in [-0.39, 0.29) is 12.6 Å². The Morgan fingerprint density at radius 3 is 2.21 bits per heavy atom. The molecule has 6 nitrogen and oxygen atoms in total. The second-order valence-corrected chi connectivity index (χ2v) is 2.47. The van der Waals surface area contributed by atoms with Gasteiger partial charge in [0.2, 0.25) is 0 Å². The van der Waals surface area contributed by atoms with E-state index in [1.807, 2.05) is 13.8 Å². The van der Waals surface area contributed by atoms with Gasteiger partial charge < -0.3 is 14.2 Å². The van der Waals surface area contributed by atoms with Crippen molar-refractivity contribution in [1.29, 1.82) is 0 Å². The highest BCUT2D eigenvalue weighted by Gasteiger charge is 2.20. The zero-order valence-electron chi connectivity index (χ0n) is 8.84. The van der Waals surface area contributed by atoms with E-state index in [1.54, 1.807) is 0 Å². The van der Waals surface area contributed by atoms with Crippen LogP contribution in [0.5, 0.6) is 0 Å². The highest BCUT2D eigenvalue weighted by atomic mass is 16.7. The Balaban J connectivity index is 4.16. The van der Waals surface area contributed by atoms with Gasteiger partial charge in [-0.05, 0) is 19.4 Å². The van der Waals surface area contributed by atoms with Crippen LogP contribution in [0.2, 0.25) is 0 Å². The molecule has 0 saturated carbocycles. The first-order valence-corrected chi connectivity index (χ1v) is 4.56. The van der Waals surface area contributed by atoms with Gasteiger partial charge in [0.05, 0.1) is 6.54 Å². The highest BCUT2D eigenvalue weighted by molar-refractivity contribution is 4.66. The summed E-state index contributed by atoms with van der Waals surface area (Å²) in [4.78, 5) is 2.66. The number of azide groups is 1. The fourth-order valence-electron chi connectivity index (χ4n) is 0.980. The van der Waals surface area contributed by atoms with Gasteiger partial charge in [0.1, 0.15) is 6.10 Å². The Morgan fingerprint density at radius 1 is 1.29 bits per heavy atom. The van der Waals surface area contributed by atoms with Gasteiger partial charge in [-0.1, -0.05) is 5.11 Å². The largest absolute Gasteiger partial charge is 0.376 e. The Labute approximate surface area is 83.8 Å². The molecule has 0 aliphatic rings. The van der Waals surface area contributed by atoms with Gasteiger partial charge in [-0.2, -0.15) is 0 Å². The molecule has 0 rings (SSSR count). The molecule has 82 valence electrons. The summed E-state index contributed by atoms with van der Waals surface area (Å²) in [5, 5.41) is 3.42. The molecule has 0 N–H and O–H groups in total. The van der Waals surface area contributed by atoms with Crippen molar-refractivity contribution in [2.24, 2.45) is 5.11 Å². The standard InChI is InChI=1S/C8H17N3O3/c1-4-13-8(14-5-2)7(12-3)6-10-11-9/h7-8H,4-6H2,1-3H3/t7-/m1/s1. The van der Waals surface area contributed by atoms with Gasteiger partial charge in [-0.25, -0.2) is 0 Å². The maximum Gasteiger partial charge on any atom is 0.183 e. The van der Waals surface area contributed by atoms with Gasteiger partial charge in [0, 0.05) is 25.2 Å². The van der Waals surface area contributed by atoms with E-state index in [9.17, 15) is 0 Å². The molecular formula is C8H17N3O3. The van der Waals surface area contributed by atoms with Gasteiger partial charge >= 0.3 is 0 Å². The van der Waals surface area contributed by atoms with E-state index in [4.69, 9.17) is 19.7 Å². The van der Waals surface area contributed by atoms with E-state index < -0.39 is 6.29 Å². The first kappa shape index (κ1) is 13.2. The maximum atomic E-state index is 8.17. The zero-order valence-corrected chi connectivity index (χ0v) is 8.84.